The van der Waals surface area contributed by atoms with Crippen LogP contribution in [0.3, 0.4) is 0 Å². The summed E-state index contributed by atoms with van der Waals surface area (Å²) in [4.78, 5) is 33.3. The highest BCUT2D eigenvalue weighted by atomic mass is 19.4. The molecular weight excluding hydrogens is 373 g/mol. The Morgan fingerprint density at radius 1 is 1.14 bits per heavy atom. The number of H-pyrrole nitrogens is 1. The van der Waals surface area contributed by atoms with E-state index in [2.05, 4.69) is 20.3 Å². The number of amides is 1. The van der Waals surface area contributed by atoms with Crippen LogP contribution in [-0.4, -0.2) is 20.9 Å². The lowest BCUT2D eigenvalue weighted by Crippen LogP contribution is -2.13. The van der Waals surface area contributed by atoms with Crippen LogP contribution in [-0.2, 0) is 11.0 Å². The molecule has 0 aliphatic heterocycles. The van der Waals surface area contributed by atoms with Crippen molar-refractivity contribution >= 4 is 11.7 Å². The van der Waals surface area contributed by atoms with Crippen LogP contribution in [0.1, 0.15) is 18.2 Å². The minimum Gasteiger partial charge on any atom is -0.322 e. The number of anilines is 1. The third kappa shape index (κ3) is 4.08. The van der Waals surface area contributed by atoms with Crippen LogP contribution in [0.15, 0.2) is 47.5 Å². The fourth-order valence-electron chi connectivity index (χ4n) is 2.78. The van der Waals surface area contributed by atoms with Crippen LogP contribution in [0, 0.1) is 6.92 Å². The normalized spacial score (nSPS) is 11.3. The Hall–Kier alpha value is -3.49. The molecule has 0 aliphatic carbocycles. The molecule has 0 saturated carbocycles. The molecule has 3 aromatic heterocycles. The summed E-state index contributed by atoms with van der Waals surface area (Å²) in [6.07, 6.45) is -2.12. The lowest BCUT2D eigenvalue weighted by molar-refractivity contribution is -0.140. The van der Waals surface area contributed by atoms with E-state index in [0.29, 0.717) is 16.7 Å². The number of hydrogen-bond acceptors (Lipinski definition) is 4. The first-order valence-corrected chi connectivity index (χ1v) is 8.16. The molecule has 0 bridgehead atoms. The Morgan fingerprint density at radius 3 is 2.57 bits per heavy atom. The van der Waals surface area contributed by atoms with Crippen LogP contribution in [0.4, 0.5) is 19.0 Å². The molecule has 0 unspecified atom stereocenters. The van der Waals surface area contributed by atoms with Gasteiger partial charge >= 0.3 is 6.18 Å². The van der Waals surface area contributed by atoms with Gasteiger partial charge in [-0.2, -0.15) is 13.2 Å². The minimum absolute atomic E-state index is 0.0137. The number of nitrogens with zero attached hydrogens (tertiary/aromatic N) is 2. The summed E-state index contributed by atoms with van der Waals surface area (Å²) in [5, 5.41) is 2.54. The van der Waals surface area contributed by atoms with Crippen molar-refractivity contribution in [3.8, 4) is 22.4 Å². The second kappa shape index (κ2) is 7.26. The highest BCUT2D eigenvalue weighted by molar-refractivity contribution is 5.88. The molecule has 0 saturated heterocycles. The van der Waals surface area contributed by atoms with E-state index < -0.39 is 17.4 Å². The van der Waals surface area contributed by atoms with E-state index >= 15 is 0 Å². The van der Waals surface area contributed by atoms with Gasteiger partial charge in [0.1, 0.15) is 5.82 Å². The van der Waals surface area contributed by atoms with Crippen molar-refractivity contribution in [2.45, 2.75) is 20.0 Å². The number of aromatic nitrogens is 3. The molecule has 1 amide bonds. The lowest BCUT2D eigenvalue weighted by atomic mass is 10.00. The van der Waals surface area contributed by atoms with E-state index in [9.17, 15) is 22.8 Å². The molecule has 28 heavy (non-hydrogen) atoms. The zero-order chi connectivity index (χ0) is 20.5. The zero-order valence-corrected chi connectivity index (χ0v) is 14.9. The van der Waals surface area contributed by atoms with E-state index in [1.54, 1.807) is 13.0 Å². The molecule has 3 aromatic rings. The molecule has 3 rings (SSSR count). The molecule has 2 N–H and O–H groups in total. The van der Waals surface area contributed by atoms with Gasteiger partial charge in [0.25, 0.3) is 0 Å². The van der Waals surface area contributed by atoms with Crippen molar-refractivity contribution in [1.82, 2.24) is 15.0 Å². The van der Waals surface area contributed by atoms with E-state index in [4.69, 9.17) is 0 Å². The number of halogens is 3. The van der Waals surface area contributed by atoms with Crippen LogP contribution in [0.25, 0.3) is 22.4 Å². The Bertz CT molecular complexity index is 1110. The molecule has 0 spiro atoms. The molecule has 0 fully saturated rings. The van der Waals surface area contributed by atoms with Crippen molar-refractivity contribution < 1.29 is 18.0 Å². The maximum Gasteiger partial charge on any atom is 0.434 e. The Labute approximate surface area is 157 Å². The average Bonchev–Trinajstić information content (AvgIpc) is 2.61. The summed E-state index contributed by atoms with van der Waals surface area (Å²) >= 11 is 0. The Kier molecular flexibility index (Phi) is 5.00. The Balaban J connectivity index is 2.18. The quantitative estimate of drug-likeness (QED) is 0.715. The van der Waals surface area contributed by atoms with Crippen molar-refractivity contribution in [2.75, 3.05) is 5.32 Å². The molecule has 0 radical (unpaired) electrons. The molecule has 144 valence electrons. The van der Waals surface area contributed by atoms with E-state index in [0.717, 1.165) is 6.20 Å². The van der Waals surface area contributed by atoms with Gasteiger partial charge < -0.3 is 10.3 Å². The monoisotopic (exact) mass is 388 g/mol. The predicted octanol–water partition coefficient (Wildman–Crippen LogP) is 3.78. The SMILES string of the molecule is CC(=O)Nc1cc(-c2cc(-c3cccnc3C(F)(F)F)[nH]c(=O)c2)c(C)cn1. The van der Waals surface area contributed by atoms with Crippen LogP contribution >= 0.6 is 0 Å². The summed E-state index contributed by atoms with van der Waals surface area (Å²) in [6.45, 7) is 3.07. The maximum absolute atomic E-state index is 13.3. The lowest BCUT2D eigenvalue weighted by Gasteiger charge is -2.13. The maximum atomic E-state index is 13.3. The largest absolute Gasteiger partial charge is 0.434 e. The first kappa shape index (κ1) is 19.3. The zero-order valence-electron chi connectivity index (χ0n) is 14.9. The second-order valence-corrected chi connectivity index (χ2v) is 6.11. The van der Waals surface area contributed by atoms with E-state index in [1.165, 1.54) is 37.4 Å². The topological polar surface area (TPSA) is 87.7 Å². The summed E-state index contributed by atoms with van der Waals surface area (Å²) < 4.78 is 39.9. The summed E-state index contributed by atoms with van der Waals surface area (Å²) in [5.41, 5.74) is -0.267. The average molecular weight is 388 g/mol. The van der Waals surface area contributed by atoms with Crippen molar-refractivity contribution in [2.24, 2.45) is 0 Å². The van der Waals surface area contributed by atoms with Gasteiger partial charge in [0.2, 0.25) is 11.5 Å². The van der Waals surface area contributed by atoms with Crippen molar-refractivity contribution in [1.29, 1.82) is 0 Å². The highest BCUT2D eigenvalue weighted by Gasteiger charge is 2.35. The first-order chi connectivity index (χ1) is 13.1. The fraction of sp³-hybridized carbons (Fsp3) is 0.158. The number of rotatable bonds is 3. The van der Waals surface area contributed by atoms with Crippen molar-refractivity contribution in [3.05, 3.63) is 64.3 Å². The van der Waals surface area contributed by atoms with Crippen LogP contribution < -0.4 is 10.9 Å². The van der Waals surface area contributed by atoms with E-state index in [-0.39, 0.29) is 23.0 Å². The molecule has 0 atom stereocenters. The van der Waals surface area contributed by atoms with Gasteiger partial charge in [-0.1, -0.05) is 0 Å². The third-order valence-corrected chi connectivity index (χ3v) is 3.93. The van der Waals surface area contributed by atoms with Crippen LogP contribution in [0.5, 0.6) is 0 Å². The van der Waals surface area contributed by atoms with Crippen molar-refractivity contribution in [3.63, 3.8) is 0 Å². The van der Waals surface area contributed by atoms with Crippen LogP contribution in [0.2, 0.25) is 0 Å². The molecule has 3 heterocycles. The number of pyridine rings is 3. The summed E-state index contributed by atoms with van der Waals surface area (Å²) in [6, 6.07) is 6.87. The smallest absolute Gasteiger partial charge is 0.322 e. The summed E-state index contributed by atoms with van der Waals surface area (Å²) in [5.74, 6) is -0.0497. The van der Waals surface area contributed by atoms with Gasteiger partial charge in [-0.15, -0.1) is 0 Å². The summed E-state index contributed by atoms with van der Waals surface area (Å²) in [7, 11) is 0. The number of aryl methyl sites for hydroxylation is 1. The number of alkyl halides is 3. The number of hydrogen-bond donors (Lipinski definition) is 2. The van der Waals surface area contributed by atoms with E-state index in [1.807, 2.05) is 0 Å². The van der Waals surface area contributed by atoms with Gasteiger partial charge in [0, 0.05) is 30.9 Å². The standard InChI is InChI=1S/C19H15F3N4O2/c1-10-9-24-16(25-11(2)27)8-14(10)12-6-15(26-17(28)7-12)13-4-3-5-23-18(13)19(20,21)22/h3-9H,1-2H3,(H,26,28)(H,24,25,27). The number of nitrogens with one attached hydrogen (secondary N) is 2. The van der Waals surface area contributed by atoms with Gasteiger partial charge in [-0.25, -0.2) is 4.98 Å². The highest BCUT2D eigenvalue weighted by Crippen LogP contribution is 2.35. The third-order valence-electron chi connectivity index (χ3n) is 3.93. The molecular formula is C19H15F3N4O2. The van der Waals surface area contributed by atoms with Gasteiger partial charge in [-0.05, 0) is 47.9 Å². The number of carbonyl (C=O) groups is 1. The minimum atomic E-state index is -4.67. The molecule has 0 aromatic carbocycles. The second-order valence-electron chi connectivity index (χ2n) is 6.11. The predicted molar refractivity (Wildman–Crippen MR) is 97.6 cm³/mol. The van der Waals surface area contributed by atoms with Gasteiger partial charge in [0.05, 0.1) is 5.69 Å². The van der Waals surface area contributed by atoms with Gasteiger partial charge in [-0.3, -0.25) is 14.6 Å². The fourth-order valence-corrected chi connectivity index (χ4v) is 2.78. The van der Waals surface area contributed by atoms with Gasteiger partial charge in [0.15, 0.2) is 5.69 Å². The Morgan fingerprint density at radius 2 is 1.89 bits per heavy atom. The number of carbonyl (C=O) groups excluding carboxylic acids is 1. The first-order valence-electron chi connectivity index (χ1n) is 8.16. The molecule has 6 nitrogen and oxygen atoms in total. The molecule has 9 heteroatoms. The molecule has 0 aliphatic rings. The number of aromatic amines is 1.